The summed E-state index contributed by atoms with van der Waals surface area (Å²) in [5, 5.41) is 7.51. The van der Waals surface area contributed by atoms with Crippen molar-refractivity contribution in [2.45, 2.75) is 13.8 Å². The van der Waals surface area contributed by atoms with E-state index in [9.17, 15) is 9.59 Å². The maximum atomic E-state index is 13.0. The minimum atomic E-state index is -0.391. The van der Waals surface area contributed by atoms with Crippen LogP contribution in [0, 0.1) is 6.92 Å². The maximum absolute atomic E-state index is 13.0. The Morgan fingerprint density at radius 2 is 1.87 bits per heavy atom. The molecular formula is C22H16N4O2S2. The minimum Gasteiger partial charge on any atom is -0.267 e. The van der Waals surface area contributed by atoms with Gasteiger partial charge in [-0.1, -0.05) is 18.2 Å². The highest BCUT2D eigenvalue weighted by molar-refractivity contribution is 7.16. The van der Waals surface area contributed by atoms with Crippen molar-refractivity contribution in [1.29, 1.82) is 0 Å². The molecule has 4 aromatic rings. The molecule has 2 amide bonds. The number of carbonyl (C=O) groups excluding carboxylic acids is 2. The number of amides is 2. The lowest BCUT2D eigenvalue weighted by Gasteiger charge is -2.33. The largest absolute Gasteiger partial charge is 0.276 e. The molecule has 0 aliphatic carbocycles. The van der Waals surface area contributed by atoms with E-state index in [0.29, 0.717) is 17.1 Å². The van der Waals surface area contributed by atoms with Crippen molar-refractivity contribution in [3.63, 3.8) is 0 Å². The number of nitrogens with zero attached hydrogens (tertiary/aromatic N) is 4. The minimum absolute atomic E-state index is 0.361. The monoisotopic (exact) mass is 432 g/mol. The van der Waals surface area contributed by atoms with Gasteiger partial charge < -0.3 is 0 Å². The van der Waals surface area contributed by atoms with Crippen LogP contribution in [0.2, 0.25) is 0 Å². The van der Waals surface area contributed by atoms with Crippen LogP contribution in [0.1, 0.15) is 12.5 Å². The average Bonchev–Trinajstić information content (AvgIpc) is 3.46. The van der Waals surface area contributed by atoms with E-state index in [0.717, 1.165) is 26.2 Å². The first kappa shape index (κ1) is 18.7. The molecule has 6 nitrogen and oxygen atoms in total. The number of carbonyl (C=O) groups is 2. The lowest BCUT2D eigenvalue weighted by atomic mass is 10.1. The van der Waals surface area contributed by atoms with E-state index < -0.39 is 5.91 Å². The van der Waals surface area contributed by atoms with Crippen LogP contribution >= 0.6 is 22.7 Å². The molecule has 0 spiro atoms. The van der Waals surface area contributed by atoms with Gasteiger partial charge in [-0.05, 0) is 48.4 Å². The fourth-order valence-corrected chi connectivity index (χ4v) is 4.97. The zero-order valence-corrected chi connectivity index (χ0v) is 17.8. The summed E-state index contributed by atoms with van der Waals surface area (Å²) in [6, 6.07) is 11.9. The second-order valence-corrected chi connectivity index (χ2v) is 8.77. The van der Waals surface area contributed by atoms with Crippen molar-refractivity contribution in [2.75, 3.05) is 5.01 Å². The molecule has 1 aliphatic rings. The number of anilines is 2. The number of aromatic nitrogens is 2. The lowest BCUT2D eigenvalue weighted by Crippen LogP contribution is -2.45. The number of imide groups is 1. The quantitative estimate of drug-likeness (QED) is 0.420. The average molecular weight is 433 g/mol. The zero-order chi connectivity index (χ0) is 20.8. The van der Waals surface area contributed by atoms with Gasteiger partial charge in [0, 0.05) is 22.1 Å². The molecule has 0 saturated heterocycles. The summed E-state index contributed by atoms with van der Waals surface area (Å²) >= 11 is 3.09. The first-order chi connectivity index (χ1) is 14.5. The topological polar surface area (TPSA) is 66.4 Å². The van der Waals surface area contributed by atoms with Gasteiger partial charge in [0.1, 0.15) is 11.2 Å². The van der Waals surface area contributed by atoms with E-state index in [1.807, 2.05) is 54.1 Å². The van der Waals surface area contributed by atoms with Crippen LogP contribution in [-0.4, -0.2) is 26.8 Å². The van der Waals surface area contributed by atoms with Gasteiger partial charge in [-0.2, -0.15) is 5.01 Å². The van der Waals surface area contributed by atoms with Gasteiger partial charge >= 0.3 is 0 Å². The van der Waals surface area contributed by atoms with Gasteiger partial charge in [0.05, 0.1) is 11.1 Å². The first-order valence-electron chi connectivity index (χ1n) is 9.24. The fourth-order valence-electron chi connectivity index (χ4n) is 3.48. The Labute approximate surface area is 180 Å². The molecular weight excluding hydrogens is 416 g/mol. The van der Waals surface area contributed by atoms with E-state index in [-0.39, 0.29) is 5.91 Å². The molecule has 1 aromatic carbocycles. The second kappa shape index (κ2) is 7.16. The van der Waals surface area contributed by atoms with Crippen molar-refractivity contribution >= 4 is 56.2 Å². The van der Waals surface area contributed by atoms with Crippen LogP contribution in [0.5, 0.6) is 0 Å². The van der Waals surface area contributed by atoms with Crippen LogP contribution < -0.4 is 5.01 Å². The Morgan fingerprint density at radius 3 is 2.60 bits per heavy atom. The second-order valence-electron chi connectivity index (χ2n) is 6.93. The highest BCUT2D eigenvalue weighted by atomic mass is 32.1. The smallest absolute Gasteiger partial charge is 0.267 e. The van der Waals surface area contributed by atoms with Crippen molar-refractivity contribution < 1.29 is 9.59 Å². The molecule has 5 rings (SSSR count). The molecule has 4 heterocycles. The van der Waals surface area contributed by atoms with Gasteiger partial charge in [0.25, 0.3) is 11.8 Å². The Hall–Kier alpha value is -3.36. The fraction of sp³-hybridized carbons (Fsp3) is 0.0909. The molecule has 148 valence electrons. The number of thiophene rings is 2. The summed E-state index contributed by atoms with van der Waals surface area (Å²) in [5.74, 6) is -0.256. The number of aryl methyl sites for hydroxylation is 1. The van der Waals surface area contributed by atoms with Gasteiger partial charge in [0.2, 0.25) is 0 Å². The van der Waals surface area contributed by atoms with Gasteiger partial charge in [0.15, 0.2) is 5.82 Å². The summed E-state index contributed by atoms with van der Waals surface area (Å²) in [4.78, 5) is 36.6. The first-order valence-corrected chi connectivity index (χ1v) is 11.0. The highest BCUT2D eigenvalue weighted by Gasteiger charge is 2.37. The third-order valence-electron chi connectivity index (χ3n) is 4.89. The summed E-state index contributed by atoms with van der Waals surface area (Å²) in [6.45, 7) is 3.63. The Kier molecular flexibility index (Phi) is 4.45. The molecule has 1 aliphatic heterocycles. The van der Waals surface area contributed by atoms with Gasteiger partial charge in [-0.25, -0.2) is 15.0 Å². The van der Waals surface area contributed by atoms with Crippen LogP contribution in [0.25, 0.3) is 20.7 Å². The standard InChI is InChI=1S/C22H16N4O2S2/c1-13-5-6-15(18-4-3-8-29-18)17(10-13)25(26-19(27)11-14(2)22(26)28)20-16-7-9-30-21(16)24-12-23-20/h3-12H,1-2H3. The normalized spacial score (nSPS) is 13.9. The molecule has 0 bridgehead atoms. The van der Waals surface area contributed by atoms with E-state index in [1.165, 1.54) is 28.7 Å². The van der Waals surface area contributed by atoms with Crippen LogP contribution in [-0.2, 0) is 9.59 Å². The molecule has 0 fully saturated rings. The van der Waals surface area contributed by atoms with Crippen molar-refractivity contribution in [2.24, 2.45) is 0 Å². The molecule has 30 heavy (non-hydrogen) atoms. The highest BCUT2D eigenvalue weighted by Crippen LogP contribution is 2.41. The molecule has 0 saturated carbocycles. The van der Waals surface area contributed by atoms with Crippen molar-refractivity contribution in [3.05, 3.63) is 70.7 Å². The lowest BCUT2D eigenvalue weighted by molar-refractivity contribution is -0.137. The molecule has 0 unspecified atom stereocenters. The van der Waals surface area contributed by atoms with Crippen LogP contribution in [0.15, 0.2) is 65.1 Å². The van der Waals surface area contributed by atoms with Gasteiger partial charge in [-0.3, -0.25) is 9.59 Å². The molecule has 0 N–H and O–H groups in total. The molecule has 8 heteroatoms. The number of fused-ring (bicyclic) bond motifs is 1. The Balaban J connectivity index is 1.81. The van der Waals surface area contributed by atoms with E-state index in [2.05, 4.69) is 9.97 Å². The zero-order valence-electron chi connectivity index (χ0n) is 16.2. The van der Waals surface area contributed by atoms with Crippen molar-refractivity contribution in [3.8, 4) is 10.4 Å². The predicted molar refractivity (Wildman–Crippen MR) is 120 cm³/mol. The number of hydrazine groups is 1. The molecule has 3 aromatic heterocycles. The third kappa shape index (κ3) is 2.92. The molecule has 0 radical (unpaired) electrons. The number of benzene rings is 1. The summed E-state index contributed by atoms with van der Waals surface area (Å²) in [7, 11) is 0. The van der Waals surface area contributed by atoms with E-state index in [1.54, 1.807) is 23.3 Å². The predicted octanol–water partition coefficient (Wildman–Crippen LogP) is 5.10. The Bertz CT molecular complexity index is 1320. The Morgan fingerprint density at radius 1 is 1.00 bits per heavy atom. The third-order valence-corrected chi connectivity index (χ3v) is 6.61. The summed E-state index contributed by atoms with van der Waals surface area (Å²) in [5.41, 5.74) is 3.04. The number of hydrogen-bond acceptors (Lipinski definition) is 7. The number of rotatable bonds is 4. The van der Waals surface area contributed by atoms with Crippen LogP contribution in [0.3, 0.4) is 0 Å². The van der Waals surface area contributed by atoms with E-state index in [4.69, 9.17) is 0 Å². The number of hydrogen-bond donors (Lipinski definition) is 0. The molecule has 0 atom stereocenters. The summed E-state index contributed by atoms with van der Waals surface area (Å²) < 4.78 is 0. The van der Waals surface area contributed by atoms with E-state index >= 15 is 0 Å². The summed E-state index contributed by atoms with van der Waals surface area (Å²) in [6.07, 6.45) is 2.83. The van der Waals surface area contributed by atoms with Crippen LogP contribution in [0.4, 0.5) is 11.5 Å². The van der Waals surface area contributed by atoms with Gasteiger partial charge in [-0.15, -0.1) is 22.7 Å². The van der Waals surface area contributed by atoms with Crippen molar-refractivity contribution in [1.82, 2.24) is 15.0 Å². The maximum Gasteiger partial charge on any atom is 0.276 e. The SMILES string of the molecule is CC1=CC(=O)N(N(c2cc(C)ccc2-c2cccs2)c2ncnc3sccc23)C1=O.